The van der Waals surface area contributed by atoms with Crippen LogP contribution in [-0.2, 0) is 0 Å². The Morgan fingerprint density at radius 3 is 1.83 bits per heavy atom. The summed E-state index contributed by atoms with van der Waals surface area (Å²) in [6.45, 7) is 0. The van der Waals surface area contributed by atoms with Gasteiger partial charge in [-0.1, -0.05) is 146 Å². The zero-order valence-electron chi connectivity index (χ0n) is 28.7. The molecule has 3 heteroatoms. The van der Waals surface area contributed by atoms with Crippen molar-refractivity contribution in [3.63, 3.8) is 0 Å². The van der Waals surface area contributed by atoms with Crippen molar-refractivity contribution in [2.24, 2.45) is 0 Å². The molecule has 0 bridgehead atoms. The van der Waals surface area contributed by atoms with Gasteiger partial charge in [0.05, 0.1) is 11.4 Å². The van der Waals surface area contributed by atoms with Crippen molar-refractivity contribution < 1.29 is 0 Å². The zero-order chi connectivity index (χ0) is 34.9. The molecule has 1 nitrogen and oxygen atoms in total. The summed E-state index contributed by atoms with van der Waals surface area (Å²) in [5.74, 6) is 0. The van der Waals surface area contributed by atoms with Gasteiger partial charge in [0, 0.05) is 57.0 Å². The highest BCUT2D eigenvalue weighted by Crippen LogP contribution is 2.50. The lowest BCUT2D eigenvalue weighted by molar-refractivity contribution is 1.32. The molecular weight excluding hydrogens is 679 g/mol. The highest BCUT2D eigenvalue weighted by atomic mass is 32.1. The first-order valence-electron chi connectivity index (χ1n) is 18.0. The summed E-state index contributed by atoms with van der Waals surface area (Å²) in [7, 11) is 0. The Morgan fingerprint density at radius 2 is 0.981 bits per heavy atom. The maximum absolute atomic E-state index is 2.53. The number of hydrogen-bond donors (Lipinski definition) is 0. The summed E-state index contributed by atoms with van der Waals surface area (Å²) < 4.78 is 5.22. The van der Waals surface area contributed by atoms with E-state index >= 15 is 0 Å². The van der Waals surface area contributed by atoms with Gasteiger partial charge in [-0.3, -0.25) is 0 Å². The van der Waals surface area contributed by atoms with Crippen LogP contribution in [0.5, 0.6) is 0 Å². The van der Waals surface area contributed by atoms with Crippen molar-refractivity contribution in [2.75, 3.05) is 4.90 Å². The van der Waals surface area contributed by atoms with E-state index in [0.717, 1.165) is 5.69 Å². The van der Waals surface area contributed by atoms with Gasteiger partial charge in [-0.15, -0.1) is 22.7 Å². The Bertz CT molecular complexity index is 3190. The van der Waals surface area contributed by atoms with E-state index in [-0.39, 0.29) is 0 Å². The number of thiophene rings is 2. The van der Waals surface area contributed by atoms with Crippen LogP contribution in [0.25, 0.3) is 84.1 Å². The van der Waals surface area contributed by atoms with Crippen LogP contribution in [0.3, 0.4) is 0 Å². The maximum atomic E-state index is 2.53. The Balaban J connectivity index is 1.26. The smallest absolute Gasteiger partial charge is 0.0555 e. The van der Waals surface area contributed by atoms with Gasteiger partial charge in [-0.25, -0.2) is 0 Å². The molecule has 9 aromatic carbocycles. The highest BCUT2D eigenvalue weighted by molar-refractivity contribution is 7.26. The average Bonchev–Trinajstić information content (AvgIpc) is 3.80. The molecule has 0 radical (unpaired) electrons. The predicted octanol–water partition coefficient (Wildman–Crippen LogP) is 15.5. The molecule has 0 atom stereocenters. The lowest BCUT2D eigenvalue weighted by Gasteiger charge is -2.29. The Hall–Kier alpha value is -6.26. The monoisotopic (exact) mass is 709 g/mol. The van der Waals surface area contributed by atoms with Crippen LogP contribution in [0.1, 0.15) is 0 Å². The Labute approximate surface area is 315 Å². The fourth-order valence-electron chi connectivity index (χ4n) is 8.29. The van der Waals surface area contributed by atoms with Crippen molar-refractivity contribution in [3.8, 4) is 22.3 Å². The molecule has 0 fully saturated rings. The summed E-state index contributed by atoms with van der Waals surface area (Å²) in [5, 5.41) is 10.2. The fourth-order valence-corrected chi connectivity index (χ4v) is 10.6. The van der Waals surface area contributed by atoms with Gasteiger partial charge in [0.1, 0.15) is 0 Å². The van der Waals surface area contributed by atoms with Crippen LogP contribution >= 0.6 is 22.7 Å². The average molecular weight is 710 g/mol. The third-order valence-corrected chi connectivity index (χ3v) is 13.0. The number of fused-ring (bicyclic) bond motifs is 9. The van der Waals surface area contributed by atoms with Crippen molar-refractivity contribution in [2.45, 2.75) is 0 Å². The van der Waals surface area contributed by atoms with E-state index in [2.05, 4.69) is 193 Å². The number of hydrogen-bond acceptors (Lipinski definition) is 3. The SMILES string of the molecule is c1ccc(-c2ccc(N(c3cc4ccccc4c4ccccc34)c3cccc4sc5ccccc5c34)cc2-c2cccc3c2sc2ccccc23)cc1. The Kier molecular flexibility index (Phi) is 6.97. The van der Waals surface area contributed by atoms with E-state index in [1.807, 2.05) is 22.7 Å². The van der Waals surface area contributed by atoms with Gasteiger partial charge in [-0.05, 0) is 75.3 Å². The standard InChI is InChI=1S/C50H31NS2/c1-2-14-32(15-3-1)36-29-28-34(31-43(36)41-23-12-22-40-39-20-8-10-25-46(39)53-50(40)41)51(44-24-13-27-48-49(44)42-21-9-11-26-47(42)52-48)45-30-33-16-4-5-17-35(33)37-18-6-7-19-38(37)45/h1-31H. The van der Waals surface area contributed by atoms with E-state index in [1.165, 1.54) is 95.5 Å². The number of rotatable bonds is 5. The summed E-state index contributed by atoms with van der Waals surface area (Å²) in [5.41, 5.74) is 8.39. The molecule has 0 N–H and O–H groups in total. The van der Waals surface area contributed by atoms with Crippen molar-refractivity contribution in [1.29, 1.82) is 0 Å². The van der Waals surface area contributed by atoms with Crippen LogP contribution in [-0.4, -0.2) is 0 Å². The first kappa shape index (κ1) is 30.4. The minimum Gasteiger partial charge on any atom is -0.309 e. The van der Waals surface area contributed by atoms with Crippen LogP contribution in [0.15, 0.2) is 188 Å². The van der Waals surface area contributed by atoms with Gasteiger partial charge in [0.2, 0.25) is 0 Å². The molecule has 0 unspecified atom stereocenters. The third-order valence-electron chi connectivity index (χ3n) is 10.6. The molecule has 11 aromatic rings. The first-order valence-corrected chi connectivity index (χ1v) is 19.6. The molecule has 11 rings (SSSR count). The van der Waals surface area contributed by atoms with Crippen LogP contribution in [0, 0.1) is 0 Å². The van der Waals surface area contributed by atoms with E-state index in [9.17, 15) is 0 Å². The largest absolute Gasteiger partial charge is 0.309 e. The molecule has 2 aromatic heterocycles. The second-order valence-electron chi connectivity index (χ2n) is 13.6. The van der Waals surface area contributed by atoms with Crippen molar-refractivity contribution in [3.05, 3.63) is 188 Å². The lowest BCUT2D eigenvalue weighted by Crippen LogP contribution is -2.11. The molecular formula is C50H31NS2. The van der Waals surface area contributed by atoms with Crippen LogP contribution in [0.2, 0.25) is 0 Å². The molecule has 0 aliphatic rings. The van der Waals surface area contributed by atoms with Gasteiger partial charge in [0.25, 0.3) is 0 Å². The van der Waals surface area contributed by atoms with Gasteiger partial charge in [0.15, 0.2) is 0 Å². The zero-order valence-corrected chi connectivity index (χ0v) is 30.3. The van der Waals surface area contributed by atoms with Gasteiger partial charge >= 0.3 is 0 Å². The molecule has 0 spiro atoms. The molecule has 0 amide bonds. The van der Waals surface area contributed by atoms with E-state index in [1.54, 1.807) is 0 Å². The van der Waals surface area contributed by atoms with Gasteiger partial charge < -0.3 is 4.90 Å². The fraction of sp³-hybridized carbons (Fsp3) is 0. The van der Waals surface area contributed by atoms with E-state index in [0.29, 0.717) is 0 Å². The van der Waals surface area contributed by atoms with Crippen LogP contribution < -0.4 is 4.90 Å². The first-order chi connectivity index (χ1) is 26.3. The number of anilines is 3. The maximum Gasteiger partial charge on any atom is 0.0555 e. The second-order valence-corrected chi connectivity index (χ2v) is 15.8. The minimum atomic E-state index is 1.13. The van der Waals surface area contributed by atoms with Crippen molar-refractivity contribution in [1.82, 2.24) is 0 Å². The van der Waals surface area contributed by atoms with E-state index < -0.39 is 0 Å². The minimum absolute atomic E-state index is 1.13. The quantitative estimate of drug-likeness (QED) is 0.161. The molecule has 53 heavy (non-hydrogen) atoms. The molecule has 248 valence electrons. The number of benzene rings is 9. The Morgan fingerprint density at radius 1 is 0.340 bits per heavy atom. The summed E-state index contributed by atoms with van der Waals surface area (Å²) >= 11 is 3.76. The number of nitrogens with zero attached hydrogens (tertiary/aromatic N) is 1. The summed E-state index contributed by atoms with van der Waals surface area (Å²) in [4.78, 5) is 2.53. The molecule has 2 heterocycles. The second kappa shape index (κ2) is 12.2. The lowest BCUT2D eigenvalue weighted by atomic mass is 9.92. The highest BCUT2D eigenvalue weighted by Gasteiger charge is 2.23. The molecule has 0 aliphatic heterocycles. The topological polar surface area (TPSA) is 3.24 Å². The predicted molar refractivity (Wildman–Crippen MR) is 233 cm³/mol. The molecule has 0 aliphatic carbocycles. The third kappa shape index (κ3) is 4.82. The molecule has 0 saturated heterocycles. The molecule has 0 saturated carbocycles. The normalized spacial score (nSPS) is 11.8. The van der Waals surface area contributed by atoms with Crippen molar-refractivity contribution >= 4 is 102 Å². The van der Waals surface area contributed by atoms with Gasteiger partial charge in [-0.2, -0.15) is 0 Å². The van der Waals surface area contributed by atoms with Crippen LogP contribution in [0.4, 0.5) is 17.1 Å². The van der Waals surface area contributed by atoms with E-state index in [4.69, 9.17) is 0 Å². The summed E-state index contributed by atoms with van der Waals surface area (Å²) in [6.07, 6.45) is 0. The summed E-state index contributed by atoms with van der Waals surface area (Å²) in [6, 6.07) is 69.3.